The van der Waals surface area contributed by atoms with Crippen LogP contribution in [-0.4, -0.2) is 22.6 Å². The van der Waals surface area contributed by atoms with Crippen molar-refractivity contribution in [1.29, 1.82) is 0 Å². The molecule has 0 saturated heterocycles. The number of fused-ring (bicyclic) bond motifs is 5. The quantitative estimate of drug-likeness (QED) is 0.339. The van der Waals surface area contributed by atoms with Gasteiger partial charge in [0.15, 0.2) is 0 Å². The fourth-order valence-corrected chi connectivity index (χ4v) is 7.49. The van der Waals surface area contributed by atoms with Gasteiger partial charge < -0.3 is 19.5 Å². The van der Waals surface area contributed by atoms with Crippen molar-refractivity contribution in [3.63, 3.8) is 0 Å². The molecule has 1 N–H and O–H groups in total. The van der Waals surface area contributed by atoms with Crippen LogP contribution in [-0.2, 0) is 19.4 Å². The van der Waals surface area contributed by atoms with E-state index >= 15 is 0 Å². The van der Waals surface area contributed by atoms with Crippen molar-refractivity contribution in [2.75, 3.05) is 12.4 Å². The first-order valence-corrected chi connectivity index (χ1v) is 13.4. The lowest BCUT2D eigenvalue weighted by atomic mass is 9.95. The van der Waals surface area contributed by atoms with Gasteiger partial charge in [-0.15, -0.1) is 22.7 Å². The number of carbonyl (C=O) groups excluding carboxylic acids is 1. The van der Waals surface area contributed by atoms with Crippen LogP contribution in [0.1, 0.15) is 51.0 Å². The summed E-state index contributed by atoms with van der Waals surface area (Å²) in [5.41, 5.74) is 5.67. The minimum absolute atomic E-state index is 0.112. The SMILES string of the molecule is COc1ccc(C)cc1NC(=O)N1Cc2c(sc3c2CCCC3)-n2cccc2C1c1cccs1. The Hall–Kier alpha value is -3.03. The Bertz CT molecular complexity index is 1350. The zero-order valence-corrected chi connectivity index (χ0v) is 21.0. The van der Waals surface area contributed by atoms with Crippen molar-refractivity contribution in [1.82, 2.24) is 9.47 Å². The summed E-state index contributed by atoms with van der Waals surface area (Å²) < 4.78 is 7.86. The third-order valence-corrected chi connectivity index (χ3v) is 9.11. The second-order valence-electron chi connectivity index (χ2n) is 8.98. The summed E-state index contributed by atoms with van der Waals surface area (Å²) in [6.07, 6.45) is 6.87. The van der Waals surface area contributed by atoms with Crippen molar-refractivity contribution in [2.24, 2.45) is 0 Å². The molecule has 4 heterocycles. The monoisotopic (exact) mass is 489 g/mol. The Morgan fingerprint density at radius 3 is 2.82 bits per heavy atom. The van der Waals surface area contributed by atoms with Gasteiger partial charge in [0.05, 0.1) is 25.0 Å². The van der Waals surface area contributed by atoms with Gasteiger partial charge >= 0.3 is 6.03 Å². The van der Waals surface area contributed by atoms with Crippen LogP contribution in [0.25, 0.3) is 5.00 Å². The van der Waals surface area contributed by atoms with Crippen molar-refractivity contribution in [3.05, 3.63) is 86.2 Å². The zero-order chi connectivity index (χ0) is 23.2. The Morgan fingerprint density at radius 2 is 2.00 bits per heavy atom. The molecule has 1 atom stereocenters. The van der Waals surface area contributed by atoms with Crippen LogP contribution in [0.2, 0.25) is 0 Å². The Labute approximate surface area is 207 Å². The number of aryl methyl sites for hydroxylation is 2. The zero-order valence-electron chi connectivity index (χ0n) is 19.3. The standard InChI is InChI=1S/C27H27N3O2S2/c1-17-11-12-22(32-2)20(15-17)28-27(31)30-16-19-18-7-3-4-9-23(18)34-26(19)29-13-5-8-21(29)25(30)24-10-6-14-33-24/h5-6,8,10-15,25H,3-4,7,9,16H2,1-2H3,(H,28,31). The molecule has 1 unspecified atom stereocenters. The maximum absolute atomic E-state index is 14.0. The van der Waals surface area contributed by atoms with Crippen LogP contribution >= 0.6 is 22.7 Å². The first-order valence-electron chi connectivity index (χ1n) is 11.7. The third kappa shape index (κ3) is 3.54. The molecule has 2 amide bonds. The number of nitrogens with one attached hydrogen (secondary N) is 1. The predicted octanol–water partition coefficient (Wildman–Crippen LogP) is 6.93. The van der Waals surface area contributed by atoms with Crippen LogP contribution in [0.4, 0.5) is 10.5 Å². The van der Waals surface area contributed by atoms with Crippen LogP contribution in [0, 0.1) is 6.92 Å². The van der Waals surface area contributed by atoms with E-state index in [1.807, 2.05) is 41.4 Å². The molecule has 2 aliphatic rings. The molecule has 0 bridgehead atoms. The smallest absolute Gasteiger partial charge is 0.323 e. The second kappa shape index (κ2) is 8.64. The number of hydrogen-bond donors (Lipinski definition) is 1. The van der Waals surface area contributed by atoms with Gasteiger partial charge in [-0.2, -0.15) is 0 Å². The van der Waals surface area contributed by atoms with Crippen LogP contribution < -0.4 is 10.1 Å². The third-order valence-electron chi connectivity index (χ3n) is 6.85. The maximum Gasteiger partial charge on any atom is 0.323 e. The molecule has 0 saturated carbocycles. The van der Waals surface area contributed by atoms with Gasteiger partial charge in [0.1, 0.15) is 16.8 Å². The average molecular weight is 490 g/mol. The summed E-state index contributed by atoms with van der Waals surface area (Å²) in [7, 11) is 1.64. The first-order chi connectivity index (χ1) is 16.6. The molecule has 0 spiro atoms. The van der Waals surface area contributed by atoms with E-state index in [2.05, 4.69) is 45.7 Å². The Balaban J connectivity index is 1.48. The van der Waals surface area contributed by atoms with Gasteiger partial charge in [-0.25, -0.2) is 4.79 Å². The average Bonchev–Trinajstić information content (AvgIpc) is 3.59. The van der Waals surface area contributed by atoms with Crippen molar-refractivity contribution in [2.45, 2.75) is 45.2 Å². The summed E-state index contributed by atoms with van der Waals surface area (Å²) in [4.78, 5) is 18.7. The lowest BCUT2D eigenvalue weighted by Crippen LogP contribution is -2.38. The summed E-state index contributed by atoms with van der Waals surface area (Å²) in [5, 5.41) is 6.54. The van der Waals surface area contributed by atoms with Crippen LogP contribution in [0.15, 0.2) is 54.0 Å². The molecule has 0 fully saturated rings. The first kappa shape index (κ1) is 21.5. The fraction of sp³-hybridized carbons (Fsp3) is 0.296. The topological polar surface area (TPSA) is 46.5 Å². The lowest BCUT2D eigenvalue weighted by Gasteiger charge is -2.30. The predicted molar refractivity (Wildman–Crippen MR) is 139 cm³/mol. The van der Waals surface area contributed by atoms with Gasteiger partial charge in [0.2, 0.25) is 0 Å². The number of amides is 2. The largest absolute Gasteiger partial charge is 0.495 e. The number of anilines is 1. The van der Waals surface area contributed by atoms with Crippen molar-refractivity contribution in [3.8, 4) is 10.8 Å². The molecule has 4 aromatic rings. The molecule has 174 valence electrons. The highest BCUT2D eigenvalue weighted by Gasteiger charge is 2.36. The fourth-order valence-electron chi connectivity index (χ4n) is 5.24. The maximum atomic E-state index is 14.0. The summed E-state index contributed by atoms with van der Waals surface area (Å²) in [6, 6.07) is 14.0. The van der Waals surface area contributed by atoms with Gasteiger partial charge in [-0.3, -0.25) is 0 Å². The summed E-state index contributed by atoms with van der Waals surface area (Å²) >= 11 is 3.61. The number of methoxy groups -OCH3 is 1. The number of benzene rings is 1. The molecule has 34 heavy (non-hydrogen) atoms. The van der Waals surface area contributed by atoms with E-state index in [1.54, 1.807) is 18.4 Å². The molecule has 7 heteroatoms. The van der Waals surface area contributed by atoms with Gasteiger partial charge in [-0.1, -0.05) is 12.1 Å². The Morgan fingerprint density at radius 1 is 1.12 bits per heavy atom. The number of urea groups is 1. The highest BCUT2D eigenvalue weighted by molar-refractivity contribution is 7.15. The molecule has 1 aliphatic heterocycles. The number of nitrogens with zero attached hydrogens (tertiary/aromatic N) is 2. The van der Waals surface area contributed by atoms with Gasteiger partial charge in [0, 0.05) is 21.5 Å². The lowest BCUT2D eigenvalue weighted by molar-refractivity contribution is 0.195. The van der Waals surface area contributed by atoms with E-state index < -0.39 is 0 Å². The van der Waals surface area contributed by atoms with E-state index in [9.17, 15) is 4.79 Å². The minimum atomic E-state index is -0.162. The van der Waals surface area contributed by atoms with Crippen molar-refractivity contribution < 1.29 is 9.53 Å². The van der Waals surface area contributed by atoms with E-state index in [-0.39, 0.29) is 12.1 Å². The van der Waals surface area contributed by atoms with E-state index in [1.165, 1.54) is 33.8 Å². The van der Waals surface area contributed by atoms with Crippen LogP contribution in [0.5, 0.6) is 5.75 Å². The highest BCUT2D eigenvalue weighted by atomic mass is 32.1. The molecule has 5 nitrogen and oxygen atoms in total. The Kier molecular flexibility index (Phi) is 5.46. The summed E-state index contributed by atoms with van der Waals surface area (Å²) in [6.45, 7) is 2.61. The molecule has 1 aliphatic carbocycles. The molecule has 0 radical (unpaired) electrons. The van der Waals surface area contributed by atoms with E-state index in [4.69, 9.17) is 4.74 Å². The van der Waals surface area contributed by atoms with E-state index in [0.717, 1.165) is 29.0 Å². The molecule has 6 rings (SSSR count). The number of rotatable bonds is 3. The van der Waals surface area contributed by atoms with Crippen LogP contribution in [0.3, 0.4) is 0 Å². The summed E-state index contributed by atoms with van der Waals surface area (Å²) in [5.74, 6) is 0.665. The minimum Gasteiger partial charge on any atom is -0.495 e. The number of hydrogen-bond acceptors (Lipinski definition) is 4. The van der Waals surface area contributed by atoms with Gasteiger partial charge in [0.25, 0.3) is 0 Å². The second-order valence-corrected chi connectivity index (χ2v) is 11.0. The molecular formula is C27H27N3O2S2. The number of ether oxygens (including phenoxy) is 1. The highest BCUT2D eigenvalue weighted by Crippen LogP contribution is 2.45. The van der Waals surface area contributed by atoms with Crippen molar-refractivity contribution >= 4 is 34.4 Å². The molecule has 3 aromatic heterocycles. The molecular weight excluding hydrogens is 462 g/mol. The van der Waals surface area contributed by atoms with E-state index in [0.29, 0.717) is 18.0 Å². The number of carbonyl (C=O) groups is 1. The number of thiophene rings is 2. The normalized spacial score (nSPS) is 16.9. The van der Waals surface area contributed by atoms with Gasteiger partial charge in [-0.05, 0) is 79.4 Å². The molecule has 1 aromatic carbocycles. The number of aromatic nitrogens is 1.